The van der Waals surface area contributed by atoms with Gasteiger partial charge in [0.2, 0.25) is 0 Å². The molecule has 98 valence electrons. The molecule has 19 heavy (non-hydrogen) atoms. The lowest BCUT2D eigenvalue weighted by Gasteiger charge is -2.07. The second-order valence-corrected chi connectivity index (χ2v) is 4.32. The van der Waals surface area contributed by atoms with E-state index in [0.29, 0.717) is 6.07 Å². The molecule has 6 heteroatoms. The van der Waals surface area contributed by atoms with Crippen LogP contribution >= 0.6 is 11.6 Å². The van der Waals surface area contributed by atoms with Crippen molar-refractivity contribution in [3.05, 3.63) is 58.4 Å². The number of aromatic nitrogens is 1. The average Bonchev–Trinajstić information content (AvgIpc) is 2.32. The van der Waals surface area contributed by atoms with E-state index < -0.39 is 17.5 Å². The molecule has 1 aromatic heterocycles. The van der Waals surface area contributed by atoms with Crippen LogP contribution in [0.2, 0.25) is 5.15 Å². The maximum absolute atomic E-state index is 13.0. The molecule has 0 bridgehead atoms. The smallest absolute Gasteiger partial charge is 0.255 e. The number of aryl methyl sites for hydroxylation is 1. The van der Waals surface area contributed by atoms with Crippen LogP contribution in [0.5, 0.6) is 0 Å². The van der Waals surface area contributed by atoms with E-state index in [9.17, 15) is 13.6 Å². The summed E-state index contributed by atoms with van der Waals surface area (Å²) in [5, 5.41) is 2.56. The van der Waals surface area contributed by atoms with Crippen molar-refractivity contribution in [2.45, 2.75) is 6.92 Å². The second kappa shape index (κ2) is 5.32. The van der Waals surface area contributed by atoms with Gasteiger partial charge in [0.25, 0.3) is 5.91 Å². The summed E-state index contributed by atoms with van der Waals surface area (Å²) in [5.74, 6) is -2.30. The number of halogens is 3. The van der Waals surface area contributed by atoms with Crippen molar-refractivity contribution in [1.82, 2.24) is 4.98 Å². The molecule has 2 aromatic rings. The Hall–Kier alpha value is -2.01. The van der Waals surface area contributed by atoms with Crippen molar-refractivity contribution in [2.75, 3.05) is 5.32 Å². The molecule has 0 spiro atoms. The lowest BCUT2D eigenvalue weighted by atomic mass is 10.2. The molecule has 0 aliphatic rings. The van der Waals surface area contributed by atoms with Gasteiger partial charge in [0, 0.05) is 17.8 Å². The monoisotopic (exact) mass is 282 g/mol. The van der Waals surface area contributed by atoms with Crippen molar-refractivity contribution in [1.29, 1.82) is 0 Å². The highest BCUT2D eigenvalue weighted by Crippen LogP contribution is 2.21. The molecule has 0 saturated carbocycles. The predicted octanol–water partition coefficient (Wildman–Crippen LogP) is 3.57. The van der Waals surface area contributed by atoms with Gasteiger partial charge in [0.05, 0.1) is 5.69 Å². The zero-order chi connectivity index (χ0) is 14.0. The van der Waals surface area contributed by atoms with E-state index in [1.807, 2.05) is 0 Å². The Morgan fingerprint density at radius 1 is 1.21 bits per heavy atom. The number of carbonyl (C=O) groups is 1. The van der Waals surface area contributed by atoms with Crippen LogP contribution in [-0.4, -0.2) is 10.9 Å². The lowest BCUT2D eigenvalue weighted by Crippen LogP contribution is -2.13. The standard InChI is InChI=1S/C13H9ClF2N2O/c1-7-2-11(12(14)17-6-7)18-13(19)8-3-9(15)5-10(16)4-8/h2-6H,1H3,(H,18,19). The third kappa shape index (κ3) is 3.26. The molecule has 0 aliphatic heterocycles. The Balaban J connectivity index is 2.28. The quantitative estimate of drug-likeness (QED) is 0.856. The highest BCUT2D eigenvalue weighted by molar-refractivity contribution is 6.32. The largest absolute Gasteiger partial charge is 0.319 e. The van der Waals surface area contributed by atoms with Crippen LogP contribution in [0.25, 0.3) is 0 Å². The summed E-state index contributed by atoms with van der Waals surface area (Å²) in [6, 6.07) is 4.19. The Bertz CT molecular complexity index is 626. The first-order chi connectivity index (χ1) is 8.95. The molecule has 0 unspecified atom stereocenters. The highest BCUT2D eigenvalue weighted by Gasteiger charge is 2.11. The van der Waals surface area contributed by atoms with Crippen LogP contribution in [-0.2, 0) is 0 Å². The second-order valence-electron chi connectivity index (χ2n) is 3.96. The fraction of sp³-hybridized carbons (Fsp3) is 0.0769. The zero-order valence-corrected chi connectivity index (χ0v) is 10.6. The predicted molar refractivity (Wildman–Crippen MR) is 68.3 cm³/mol. The van der Waals surface area contributed by atoms with Crippen molar-refractivity contribution in [3.8, 4) is 0 Å². The van der Waals surface area contributed by atoms with Gasteiger partial charge in [-0.15, -0.1) is 0 Å². The average molecular weight is 283 g/mol. The number of amides is 1. The van der Waals surface area contributed by atoms with Gasteiger partial charge in [-0.05, 0) is 30.7 Å². The van der Waals surface area contributed by atoms with Gasteiger partial charge in [-0.3, -0.25) is 4.79 Å². The molecular formula is C13H9ClF2N2O. The fourth-order valence-corrected chi connectivity index (χ4v) is 1.67. The summed E-state index contributed by atoms with van der Waals surface area (Å²) in [6.07, 6.45) is 1.54. The van der Waals surface area contributed by atoms with Gasteiger partial charge in [0.15, 0.2) is 5.15 Å². The van der Waals surface area contributed by atoms with E-state index in [1.54, 1.807) is 19.2 Å². The molecule has 3 nitrogen and oxygen atoms in total. The van der Waals surface area contributed by atoms with Gasteiger partial charge in [-0.2, -0.15) is 0 Å². The maximum Gasteiger partial charge on any atom is 0.255 e. The summed E-state index contributed by atoms with van der Waals surface area (Å²) in [6.45, 7) is 1.78. The third-order valence-electron chi connectivity index (χ3n) is 2.35. The summed E-state index contributed by atoms with van der Waals surface area (Å²) in [5.41, 5.74) is 0.955. The summed E-state index contributed by atoms with van der Waals surface area (Å²) in [4.78, 5) is 15.7. The van der Waals surface area contributed by atoms with Crippen LogP contribution in [0, 0.1) is 18.6 Å². The number of nitrogens with one attached hydrogen (secondary N) is 1. The molecule has 1 heterocycles. The van der Waals surface area contributed by atoms with Crippen molar-refractivity contribution in [3.63, 3.8) is 0 Å². The zero-order valence-electron chi connectivity index (χ0n) is 9.88. The fourth-order valence-electron chi connectivity index (χ4n) is 1.52. The Kier molecular flexibility index (Phi) is 3.76. The van der Waals surface area contributed by atoms with Crippen LogP contribution in [0.4, 0.5) is 14.5 Å². The molecule has 0 saturated heterocycles. The van der Waals surface area contributed by atoms with Crippen LogP contribution in [0.15, 0.2) is 30.5 Å². The van der Waals surface area contributed by atoms with Gasteiger partial charge < -0.3 is 5.32 Å². The van der Waals surface area contributed by atoms with Crippen molar-refractivity contribution >= 4 is 23.2 Å². The molecule has 2 rings (SSSR count). The van der Waals surface area contributed by atoms with Crippen LogP contribution in [0.3, 0.4) is 0 Å². The molecule has 0 aliphatic carbocycles. The Morgan fingerprint density at radius 3 is 2.47 bits per heavy atom. The molecule has 1 aromatic carbocycles. The molecular weight excluding hydrogens is 274 g/mol. The van der Waals surface area contributed by atoms with E-state index in [4.69, 9.17) is 11.6 Å². The minimum Gasteiger partial charge on any atom is -0.319 e. The minimum atomic E-state index is -0.821. The number of nitrogens with zero attached hydrogens (tertiary/aromatic N) is 1. The van der Waals surface area contributed by atoms with E-state index in [-0.39, 0.29) is 16.4 Å². The van der Waals surface area contributed by atoms with Gasteiger partial charge >= 0.3 is 0 Å². The minimum absolute atomic E-state index is 0.107. The molecule has 0 atom stereocenters. The number of carbonyl (C=O) groups excluding carboxylic acids is 1. The maximum atomic E-state index is 13.0. The first-order valence-corrected chi connectivity index (χ1v) is 5.73. The highest BCUT2D eigenvalue weighted by atomic mass is 35.5. The number of anilines is 1. The van der Waals surface area contributed by atoms with E-state index >= 15 is 0 Å². The molecule has 1 N–H and O–H groups in total. The topological polar surface area (TPSA) is 42.0 Å². The SMILES string of the molecule is Cc1cnc(Cl)c(NC(=O)c2cc(F)cc(F)c2)c1. The molecule has 1 amide bonds. The summed E-state index contributed by atoms with van der Waals surface area (Å²) < 4.78 is 26.0. The van der Waals surface area contributed by atoms with E-state index in [2.05, 4.69) is 10.3 Å². The first kappa shape index (κ1) is 13.4. The number of hydrogen-bond donors (Lipinski definition) is 1. The van der Waals surface area contributed by atoms with Crippen molar-refractivity contribution < 1.29 is 13.6 Å². The summed E-state index contributed by atoms with van der Waals surface area (Å²) >= 11 is 5.82. The Labute approximate surface area is 113 Å². The van der Waals surface area contributed by atoms with E-state index in [0.717, 1.165) is 17.7 Å². The van der Waals surface area contributed by atoms with Crippen LogP contribution in [0.1, 0.15) is 15.9 Å². The number of benzene rings is 1. The normalized spacial score (nSPS) is 10.3. The third-order valence-corrected chi connectivity index (χ3v) is 2.65. The van der Waals surface area contributed by atoms with Crippen molar-refractivity contribution in [2.24, 2.45) is 0 Å². The van der Waals surface area contributed by atoms with Crippen LogP contribution < -0.4 is 5.32 Å². The van der Waals surface area contributed by atoms with E-state index in [1.165, 1.54) is 0 Å². The van der Waals surface area contributed by atoms with Gasteiger partial charge in [-0.25, -0.2) is 13.8 Å². The molecule has 0 radical (unpaired) electrons. The van der Waals surface area contributed by atoms with Gasteiger partial charge in [-0.1, -0.05) is 11.6 Å². The number of pyridine rings is 1. The lowest BCUT2D eigenvalue weighted by molar-refractivity contribution is 0.102. The number of rotatable bonds is 2. The molecule has 0 fully saturated rings. The van der Waals surface area contributed by atoms with Gasteiger partial charge in [0.1, 0.15) is 11.6 Å². The number of hydrogen-bond acceptors (Lipinski definition) is 2. The first-order valence-electron chi connectivity index (χ1n) is 5.35. The Morgan fingerprint density at radius 2 is 1.84 bits per heavy atom. The summed E-state index contributed by atoms with van der Waals surface area (Å²) in [7, 11) is 0.